The molecule has 164 valence electrons. The summed E-state index contributed by atoms with van der Waals surface area (Å²) in [7, 11) is 0. The van der Waals surface area contributed by atoms with Crippen LogP contribution in [-0.4, -0.2) is 49.5 Å². The third-order valence-corrected chi connectivity index (χ3v) is 5.14. The lowest BCUT2D eigenvalue weighted by Crippen LogP contribution is -2.24. The first kappa shape index (κ1) is 21.4. The van der Waals surface area contributed by atoms with Gasteiger partial charge in [-0.05, 0) is 48.9 Å². The summed E-state index contributed by atoms with van der Waals surface area (Å²) in [5.74, 6) is 1.28. The Kier molecular flexibility index (Phi) is 6.66. The number of benzene rings is 1. The number of aromatic nitrogens is 5. The van der Waals surface area contributed by atoms with Gasteiger partial charge in [0.05, 0.1) is 29.3 Å². The van der Waals surface area contributed by atoms with Crippen molar-refractivity contribution in [1.29, 1.82) is 0 Å². The summed E-state index contributed by atoms with van der Waals surface area (Å²) in [5.41, 5.74) is 2.19. The number of aliphatic hydroxyl groups is 1. The number of rotatable bonds is 9. The van der Waals surface area contributed by atoms with Crippen molar-refractivity contribution in [2.45, 2.75) is 13.3 Å². The van der Waals surface area contributed by atoms with Crippen LogP contribution < -0.4 is 16.2 Å². The average molecular weight is 432 g/mol. The molecule has 1 atom stereocenters. The third-order valence-electron chi connectivity index (χ3n) is 5.14. The van der Waals surface area contributed by atoms with E-state index in [0.29, 0.717) is 37.0 Å². The highest BCUT2D eigenvalue weighted by Crippen LogP contribution is 2.17. The van der Waals surface area contributed by atoms with E-state index in [1.807, 2.05) is 49.4 Å². The van der Waals surface area contributed by atoms with Crippen LogP contribution in [0, 0.1) is 12.8 Å². The van der Waals surface area contributed by atoms with Crippen molar-refractivity contribution in [2.75, 3.05) is 30.3 Å². The van der Waals surface area contributed by atoms with Gasteiger partial charge in [-0.1, -0.05) is 18.2 Å². The maximum absolute atomic E-state index is 12.5. The first-order chi connectivity index (χ1) is 15.6. The maximum Gasteiger partial charge on any atom is 0.255 e. The number of para-hydroxylation sites is 1. The van der Waals surface area contributed by atoms with Crippen molar-refractivity contribution in [1.82, 2.24) is 24.7 Å². The quantitative estimate of drug-likeness (QED) is 0.370. The Morgan fingerprint density at radius 3 is 2.56 bits per heavy atom. The molecule has 4 rings (SSSR count). The zero-order chi connectivity index (χ0) is 22.3. The number of aliphatic hydroxyl groups excluding tert-OH is 1. The molecule has 0 aliphatic carbocycles. The summed E-state index contributed by atoms with van der Waals surface area (Å²) in [6.45, 7) is 3.10. The van der Waals surface area contributed by atoms with E-state index in [1.54, 1.807) is 23.0 Å². The van der Waals surface area contributed by atoms with Crippen molar-refractivity contribution in [3.05, 3.63) is 77.0 Å². The second kappa shape index (κ2) is 9.97. The molecular formula is C23H25N7O2. The van der Waals surface area contributed by atoms with E-state index in [0.717, 1.165) is 16.6 Å². The summed E-state index contributed by atoms with van der Waals surface area (Å²) >= 11 is 0. The van der Waals surface area contributed by atoms with Crippen LogP contribution in [0.5, 0.6) is 0 Å². The Labute approximate surface area is 185 Å². The molecule has 0 unspecified atom stereocenters. The standard InChI is InChI=1S/C23H25N7O2/c1-16-12-26-23(29-28-16)27-14-17(10-11-31)13-24-21-8-7-19(15-25-21)30-20-5-3-2-4-18(20)6-9-22(30)32/h2-9,12,15,17,31H,10-11,13-14H2,1H3,(H,24,25)(H,26,27,29)/t17-/m1/s1. The van der Waals surface area contributed by atoms with E-state index in [-0.39, 0.29) is 18.1 Å². The van der Waals surface area contributed by atoms with Crippen molar-refractivity contribution < 1.29 is 5.11 Å². The Balaban J connectivity index is 1.42. The van der Waals surface area contributed by atoms with E-state index in [9.17, 15) is 9.90 Å². The smallest absolute Gasteiger partial charge is 0.255 e. The predicted octanol–water partition coefficient (Wildman–Crippen LogP) is 2.40. The van der Waals surface area contributed by atoms with Crippen LogP contribution >= 0.6 is 0 Å². The number of nitrogens with one attached hydrogen (secondary N) is 2. The average Bonchev–Trinajstić information content (AvgIpc) is 2.82. The summed E-state index contributed by atoms with van der Waals surface area (Å²) in [6.07, 6.45) is 3.95. The lowest BCUT2D eigenvalue weighted by atomic mass is 10.1. The van der Waals surface area contributed by atoms with E-state index in [4.69, 9.17) is 0 Å². The van der Waals surface area contributed by atoms with Crippen molar-refractivity contribution in [2.24, 2.45) is 5.92 Å². The minimum atomic E-state index is -0.104. The van der Waals surface area contributed by atoms with Gasteiger partial charge in [0, 0.05) is 25.8 Å². The van der Waals surface area contributed by atoms with E-state index < -0.39 is 0 Å². The second-order valence-electron chi connectivity index (χ2n) is 7.53. The largest absolute Gasteiger partial charge is 0.396 e. The molecule has 4 aromatic rings. The summed E-state index contributed by atoms with van der Waals surface area (Å²) < 4.78 is 1.65. The lowest BCUT2D eigenvalue weighted by molar-refractivity contribution is 0.263. The van der Waals surface area contributed by atoms with Gasteiger partial charge >= 0.3 is 0 Å². The molecule has 0 radical (unpaired) electrons. The van der Waals surface area contributed by atoms with Crippen LogP contribution in [0.2, 0.25) is 0 Å². The highest BCUT2D eigenvalue weighted by atomic mass is 16.3. The second-order valence-corrected chi connectivity index (χ2v) is 7.53. The Morgan fingerprint density at radius 1 is 0.969 bits per heavy atom. The summed E-state index contributed by atoms with van der Waals surface area (Å²) in [5, 5.41) is 24.8. The fourth-order valence-electron chi connectivity index (χ4n) is 3.43. The molecule has 9 heteroatoms. The van der Waals surface area contributed by atoms with Gasteiger partial charge in [0.25, 0.3) is 5.56 Å². The normalized spacial score (nSPS) is 11.9. The fourth-order valence-corrected chi connectivity index (χ4v) is 3.43. The topological polar surface area (TPSA) is 118 Å². The number of anilines is 2. The highest BCUT2D eigenvalue weighted by molar-refractivity contribution is 5.80. The van der Waals surface area contributed by atoms with Gasteiger partial charge in [-0.15, -0.1) is 5.10 Å². The molecule has 1 aromatic carbocycles. The van der Waals surface area contributed by atoms with Gasteiger partial charge in [0.2, 0.25) is 5.95 Å². The number of hydrogen-bond acceptors (Lipinski definition) is 8. The highest BCUT2D eigenvalue weighted by Gasteiger charge is 2.11. The van der Waals surface area contributed by atoms with Gasteiger partial charge in [-0.25, -0.2) is 9.97 Å². The number of nitrogens with zero attached hydrogens (tertiary/aromatic N) is 5. The minimum absolute atomic E-state index is 0.0808. The Morgan fingerprint density at radius 2 is 1.81 bits per heavy atom. The zero-order valence-electron chi connectivity index (χ0n) is 17.8. The van der Waals surface area contributed by atoms with Crippen LogP contribution in [0.25, 0.3) is 16.6 Å². The SMILES string of the molecule is Cc1cnc(NC[C@H](CCO)CNc2ccc(-n3c(=O)ccc4ccccc43)cn2)nn1. The maximum atomic E-state index is 12.5. The Bertz CT molecular complexity index is 1220. The van der Waals surface area contributed by atoms with Crippen molar-refractivity contribution >= 4 is 22.7 Å². The predicted molar refractivity (Wildman–Crippen MR) is 124 cm³/mol. The molecule has 0 fully saturated rings. The number of aryl methyl sites for hydroxylation is 1. The molecule has 0 saturated heterocycles. The van der Waals surface area contributed by atoms with Crippen molar-refractivity contribution in [3.8, 4) is 5.69 Å². The molecule has 3 aromatic heterocycles. The lowest BCUT2D eigenvalue weighted by Gasteiger charge is -2.18. The van der Waals surface area contributed by atoms with Crippen LogP contribution in [0.3, 0.4) is 0 Å². The molecule has 0 amide bonds. The van der Waals surface area contributed by atoms with Crippen LogP contribution in [0.4, 0.5) is 11.8 Å². The summed E-state index contributed by atoms with van der Waals surface area (Å²) in [4.78, 5) is 21.1. The van der Waals surface area contributed by atoms with Gasteiger partial charge in [0.1, 0.15) is 5.82 Å². The van der Waals surface area contributed by atoms with E-state index in [2.05, 4.69) is 30.8 Å². The zero-order valence-corrected chi connectivity index (χ0v) is 17.8. The summed E-state index contributed by atoms with van der Waals surface area (Å²) in [6, 6.07) is 14.9. The van der Waals surface area contributed by atoms with Gasteiger partial charge in [-0.3, -0.25) is 9.36 Å². The fraction of sp³-hybridized carbons (Fsp3) is 0.261. The Hall–Kier alpha value is -3.85. The number of hydrogen-bond donors (Lipinski definition) is 3. The van der Waals surface area contributed by atoms with Gasteiger partial charge in [-0.2, -0.15) is 5.10 Å². The van der Waals surface area contributed by atoms with Crippen LogP contribution in [-0.2, 0) is 0 Å². The molecule has 0 spiro atoms. The minimum Gasteiger partial charge on any atom is -0.396 e. The monoisotopic (exact) mass is 431 g/mol. The molecule has 3 heterocycles. The molecule has 3 N–H and O–H groups in total. The number of fused-ring (bicyclic) bond motifs is 1. The van der Waals surface area contributed by atoms with Gasteiger partial charge < -0.3 is 15.7 Å². The molecule has 0 saturated carbocycles. The van der Waals surface area contributed by atoms with Gasteiger partial charge in [0.15, 0.2) is 0 Å². The molecule has 0 aliphatic rings. The first-order valence-electron chi connectivity index (χ1n) is 10.5. The third kappa shape index (κ3) is 5.06. The molecular weight excluding hydrogens is 406 g/mol. The first-order valence-corrected chi connectivity index (χ1v) is 10.5. The van der Waals surface area contributed by atoms with E-state index >= 15 is 0 Å². The van der Waals surface area contributed by atoms with Crippen LogP contribution in [0.1, 0.15) is 12.1 Å². The van der Waals surface area contributed by atoms with Crippen molar-refractivity contribution in [3.63, 3.8) is 0 Å². The van der Waals surface area contributed by atoms with Crippen LogP contribution in [0.15, 0.2) is 65.7 Å². The number of pyridine rings is 2. The molecule has 0 bridgehead atoms. The molecule has 32 heavy (non-hydrogen) atoms. The molecule has 0 aliphatic heterocycles. The van der Waals surface area contributed by atoms with E-state index in [1.165, 1.54) is 0 Å². The molecule has 9 nitrogen and oxygen atoms in total.